The van der Waals surface area contributed by atoms with Crippen molar-refractivity contribution in [3.05, 3.63) is 23.8 Å². The molecule has 0 saturated carbocycles. The molecule has 4 N–H and O–H groups in total. The number of benzene rings is 1. The van der Waals surface area contributed by atoms with Crippen LogP contribution in [0.2, 0.25) is 0 Å². The Balaban J connectivity index is 2.27. The first-order valence-electron chi connectivity index (χ1n) is 7.77. The van der Waals surface area contributed by atoms with Crippen molar-refractivity contribution in [2.24, 2.45) is 16.3 Å². The van der Waals surface area contributed by atoms with E-state index in [-0.39, 0.29) is 17.5 Å². The molecule has 0 aliphatic carbocycles. The average Bonchev–Trinajstić information content (AvgIpc) is 2.52. The molecule has 0 fully saturated rings. The summed E-state index contributed by atoms with van der Waals surface area (Å²) < 4.78 is 0. The van der Waals surface area contributed by atoms with Crippen LogP contribution in [0.5, 0.6) is 0 Å². The number of amidine groups is 1. The Morgan fingerprint density at radius 3 is 2.75 bits per heavy atom. The summed E-state index contributed by atoms with van der Waals surface area (Å²) >= 11 is 0. The van der Waals surface area contributed by atoms with Crippen LogP contribution in [0.1, 0.15) is 32.8 Å². The van der Waals surface area contributed by atoms with E-state index >= 15 is 0 Å². The molecular formula is C17H22N6O. The summed E-state index contributed by atoms with van der Waals surface area (Å²) in [6.07, 6.45) is 1.78. The van der Waals surface area contributed by atoms with E-state index in [0.29, 0.717) is 5.69 Å². The van der Waals surface area contributed by atoms with Crippen molar-refractivity contribution in [1.82, 2.24) is 0 Å². The lowest BCUT2D eigenvalue weighted by atomic mass is 9.92. The molecule has 7 heteroatoms. The van der Waals surface area contributed by atoms with Gasteiger partial charge in [-0.2, -0.15) is 10.4 Å². The number of amides is 1. The van der Waals surface area contributed by atoms with Gasteiger partial charge in [0.1, 0.15) is 6.07 Å². The molecular weight excluding hydrogens is 304 g/mol. The fourth-order valence-electron chi connectivity index (χ4n) is 2.55. The van der Waals surface area contributed by atoms with Gasteiger partial charge in [0.25, 0.3) is 0 Å². The zero-order valence-electron chi connectivity index (χ0n) is 14.2. The van der Waals surface area contributed by atoms with Crippen LogP contribution in [-0.2, 0) is 11.2 Å². The van der Waals surface area contributed by atoms with Gasteiger partial charge in [0.05, 0.1) is 5.69 Å². The first-order chi connectivity index (χ1) is 11.2. The van der Waals surface area contributed by atoms with Crippen LogP contribution < -0.4 is 16.1 Å². The second-order valence-electron chi connectivity index (χ2n) is 6.75. The maximum atomic E-state index is 12.6. The first kappa shape index (κ1) is 17.5. The first-order valence-corrected chi connectivity index (χ1v) is 7.77. The summed E-state index contributed by atoms with van der Waals surface area (Å²) in [7, 11) is 0. The van der Waals surface area contributed by atoms with Crippen molar-refractivity contribution >= 4 is 28.8 Å². The van der Waals surface area contributed by atoms with Gasteiger partial charge < -0.3 is 10.6 Å². The Labute approximate surface area is 141 Å². The average molecular weight is 326 g/mol. The standard InChI is InChI=1S/C17H22N6O/c1-17(2,3)16(24)23-8-4-5-11-9-12(6-7-14(11)23)21-22-13(10-18)15(19)20/h6-7,9,21H,4-5,8H2,1-3H3,(H3,19,20)/b22-13+. The Morgan fingerprint density at radius 2 is 2.17 bits per heavy atom. The predicted octanol–water partition coefficient (Wildman–Crippen LogP) is 2.24. The lowest BCUT2D eigenvalue weighted by Gasteiger charge is -2.34. The van der Waals surface area contributed by atoms with E-state index < -0.39 is 5.41 Å². The van der Waals surface area contributed by atoms with Crippen LogP contribution in [-0.4, -0.2) is 24.0 Å². The maximum Gasteiger partial charge on any atom is 0.232 e. The molecule has 1 aromatic rings. The Hall–Kier alpha value is -2.88. The number of aryl methyl sites for hydroxylation is 1. The highest BCUT2D eigenvalue weighted by atomic mass is 16.2. The molecule has 1 aliphatic rings. The van der Waals surface area contributed by atoms with Crippen molar-refractivity contribution in [2.75, 3.05) is 16.9 Å². The fourth-order valence-corrected chi connectivity index (χ4v) is 2.55. The molecule has 24 heavy (non-hydrogen) atoms. The molecule has 7 nitrogen and oxygen atoms in total. The van der Waals surface area contributed by atoms with Crippen LogP contribution in [0.25, 0.3) is 0 Å². The summed E-state index contributed by atoms with van der Waals surface area (Å²) in [5.74, 6) is -0.282. The molecule has 0 aromatic heterocycles. The highest BCUT2D eigenvalue weighted by Crippen LogP contribution is 2.32. The molecule has 0 radical (unpaired) electrons. The monoisotopic (exact) mass is 326 g/mol. The number of nitrogens with zero attached hydrogens (tertiary/aromatic N) is 3. The maximum absolute atomic E-state index is 12.6. The lowest BCUT2D eigenvalue weighted by Crippen LogP contribution is -2.42. The lowest BCUT2D eigenvalue weighted by molar-refractivity contribution is -0.125. The van der Waals surface area contributed by atoms with Gasteiger partial charge >= 0.3 is 0 Å². The Kier molecular flexibility index (Phi) is 4.88. The van der Waals surface area contributed by atoms with Crippen LogP contribution in [0.4, 0.5) is 11.4 Å². The summed E-state index contributed by atoms with van der Waals surface area (Å²) in [6, 6.07) is 7.35. The Bertz CT molecular complexity index is 738. The van der Waals surface area contributed by atoms with E-state index in [0.717, 1.165) is 30.6 Å². The van der Waals surface area contributed by atoms with Crippen LogP contribution >= 0.6 is 0 Å². The third-order valence-corrected chi connectivity index (χ3v) is 3.74. The Morgan fingerprint density at radius 1 is 1.46 bits per heavy atom. The highest BCUT2D eigenvalue weighted by Gasteiger charge is 2.30. The third-order valence-electron chi connectivity index (χ3n) is 3.74. The summed E-state index contributed by atoms with van der Waals surface area (Å²) in [6.45, 7) is 6.47. The van der Waals surface area contributed by atoms with E-state index in [1.807, 2.05) is 37.8 Å². The third kappa shape index (κ3) is 3.71. The zero-order valence-corrected chi connectivity index (χ0v) is 14.2. The van der Waals surface area contributed by atoms with Crippen molar-refractivity contribution in [2.45, 2.75) is 33.6 Å². The minimum Gasteiger partial charge on any atom is -0.382 e. The van der Waals surface area contributed by atoms with Gasteiger partial charge in [-0.1, -0.05) is 20.8 Å². The van der Waals surface area contributed by atoms with Gasteiger partial charge in [0.2, 0.25) is 11.6 Å². The van der Waals surface area contributed by atoms with E-state index in [4.69, 9.17) is 16.4 Å². The topological polar surface area (TPSA) is 118 Å². The molecule has 1 aliphatic heterocycles. The number of hydrazone groups is 1. The molecule has 0 atom stereocenters. The molecule has 126 valence electrons. The van der Waals surface area contributed by atoms with Crippen LogP contribution in [0.15, 0.2) is 23.3 Å². The van der Waals surface area contributed by atoms with Crippen LogP contribution in [0, 0.1) is 22.2 Å². The quantitative estimate of drug-likeness (QED) is 0.448. The largest absolute Gasteiger partial charge is 0.382 e. The molecule has 1 amide bonds. The number of fused-ring (bicyclic) bond motifs is 1. The van der Waals surface area contributed by atoms with Crippen molar-refractivity contribution in [3.63, 3.8) is 0 Å². The number of hydrogen-bond donors (Lipinski definition) is 3. The normalized spacial score (nSPS) is 14.6. The minimum absolute atomic E-state index is 0.102. The molecule has 1 heterocycles. The van der Waals surface area contributed by atoms with Crippen molar-refractivity contribution in [1.29, 1.82) is 10.7 Å². The minimum atomic E-state index is -0.432. The smallest absolute Gasteiger partial charge is 0.232 e. The number of anilines is 2. The van der Waals surface area contributed by atoms with Crippen molar-refractivity contribution < 1.29 is 4.79 Å². The van der Waals surface area contributed by atoms with Gasteiger partial charge in [-0.3, -0.25) is 15.6 Å². The number of rotatable bonds is 3. The number of carbonyl (C=O) groups is 1. The second kappa shape index (κ2) is 6.71. The molecule has 0 saturated heterocycles. The molecule has 0 unspecified atom stereocenters. The number of nitrogens with one attached hydrogen (secondary N) is 2. The van der Waals surface area contributed by atoms with E-state index in [1.54, 1.807) is 12.1 Å². The van der Waals surface area contributed by atoms with Gasteiger partial charge in [-0.25, -0.2) is 0 Å². The summed E-state index contributed by atoms with van der Waals surface area (Å²) in [5.41, 5.74) is 10.1. The van der Waals surface area contributed by atoms with E-state index in [2.05, 4.69) is 10.5 Å². The van der Waals surface area contributed by atoms with Gasteiger partial charge in [0, 0.05) is 17.6 Å². The predicted molar refractivity (Wildman–Crippen MR) is 95.2 cm³/mol. The summed E-state index contributed by atoms with van der Waals surface area (Å²) in [4.78, 5) is 14.4. The molecule has 0 bridgehead atoms. The van der Waals surface area contributed by atoms with Gasteiger partial charge in [-0.15, -0.1) is 0 Å². The zero-order chi connectivity index (χ0) is 17.9. The number of carbonyl (C=O) groups excluding carboxylic acids is 1. The number of hydrogen-bond acceptors (Lipinski definition) is 5. The molecule has 1 aromatic carbocycles. The SMILES string of the molecule is CC(C)(C)C(=O)N1CCCc2cc(N/N=C(\C#N)C(=N)N)ccc21. The van der Waals surface area contributed by atoms with Gasteiger partial charge in [-0.05, 0) is 36.6 Å². The molecule has 0 spiro atoms. The van der Waals surface area contributed by atoms with Gasteiger partial charge in [0.15, 0.2) is 5.84 Å². The van der Waals surface area contributed by atoms with Crippen molar-refractivity contribution in [3.8, 4) is 6.07 Å². The van der Waals surface area contributed by atoms with Crippen LogP contribution in [0.3, 0.4) is 0 Å². The van der Waals surface area contributed by atoms with E-state index in [9.17, 15) is 4.79 Å². The number of nitriles is 1. The molecule has 2 rings (SSSR count). The van der Waals surface area contributed by atoms with E-state index in [1.165, 1.54) is 0 Å². The fraction of sp³-hybridized carbons (Fsp3) is 0.412. The second-order valence-corrected chi connectivity index (χ2v) is 6.75. The highest BCUT2D eigenvalue weighted by molar-refractivity contribution is 6.45. The number of nitrogens with two attached hydrogens (primary N) is 1. The summed E-state index contributed by atoms with van der Waals surface area (Å²) in [5, 5.41) is 19.9.